The van der Waals surface area contributed by atoms with Crippen molar-refractivity contribution in [2.24, 2.45) is 5.41 Å². The van der Waals surface area contributed by atoms with E-state index in [-0.39, 0.29) is 24.0 Å². The molecule has 0 bridgehead atoms. The molecule has 2 atom stereocenters. The molecule has 6 heteroatoms. The number of aromatic nitrogens is 1. The molecule has 0 spiro atoms. The van der Waals surface area contributed by atoms with Gasteiger partial charge in [0, 0.05) is 36.0 Å². The number of rotatable bonds is 3. The summed E-state index contributed by atoms with van der Waals surface area (Å²) in [7, 11) is 3.71. The molecule has 1 amide bonds. The van der Waals surface area contributed by atoms with Crippen LogP contribution in [-0.4, -0.2) is 72.2 Å². The van der Waals surface area contributed by atoms with Crippen LogP contribution in [0.15, 0.2) is 30.3 Å². The molecule has 2 fully saturated rings. The van der Waals surface area contributed by atoms with Crippen LogP contribution in [0.3, 0.4) is 0 Å². The first kappa shape index (κ1) is 18.2. The number of ether oxygens (including phenoxy) is 1. The van der Waals surface area contributed by atoms with E-state index >= 15 is 0 Å². The summed E-state index contributed by atoms with van der Waals surface area (Å²) in [6.45, 7) is 2.48. The van der Waals surface area contributed by atoms with Crippen LogP contribution < -0.4 is 4.74 Å². The van der Waals surface area contributed by atoms with E-state index in [1.807, 2.05) is 29.2 Å². The predicted molar refractivity (Wildman–Crippen MR) is 104 cm³/mol. The van der Waals surface area contributed by atoms with Gasteiger partial charge < -0.3 is 19.6 Å². The van der Waals surface area contributed by atoms with Crippen molar-refractivity contribution >= 4 is 16.8 Å². The van der Waals surface area contributed by atoms with Crippen molar-refractivity contribution in [1.29, 1.82) is 0 Å². The van der Waals surface area contributed by atoms with Gasteiger partial charge in [-0.2, -0.15) is 0 Å². The Kier molecular flexibility index (Phi) is 4.78. The van der Waals surface area contributed by atoms with E-state index in [1.165, 1.54) is 0 Å². The quantitative estimate of drug-likeness (QED) is 0.898. The summed E-state index contributed by atoms with van der Waals surface area (Å²) in [6.07, 6.45) is 2.96. The Bertz CT molecular complexity index is 856. The molecule has 1 aromatic carbocycles. The first-order chi connectivity index (χ1) is 13.1. The van der Waals surface area contributed by atoms with E-state index in [4.69, 9.17) is 4.74 Å². The van der Waals surface area contributed by atoms with E-state index in [0.717, 1.165) is 36.7 Å². The van der Waals surface area contributed by atoms with Crippen molar-refractivity contribution < 1.29 is 14.6 Å². The number of methoxy groups -OCH3 is 1. The summed E-state index contributed by atoms with van der Waals surface area (Å²) in [5, 5.41) is 11.0. The molecule has 0 saturated carbocycles. The number of likely N-dealkylation sites (tertiary alicyclic amines) is 2. The molecule has 2 aromatic rings. The number of carbonyl (C=O) groups is 1. The maximum Gasteiger partial charge on any atom is 0.272 e. The fraction of sp³-hybridized carbons (Fsp3) is 0.524. The smallest absolute Gasteiger partial charge is 0.272 e. The van der Waals surface area contributed by atoms with Gasteiger partial charge in [-0.05, 0) is 45.0 Å². The zero-order chi connectivity index (χ0) is 19.0. The van der Waals surface area contributed by atoms with Crippen LogP contribution in [0, 0.1) is 5.41 Å². The molecule has 3 heterocycles. The molecule has 1 N–H and O–H groups in total. The van der Waals surface area contributed by atoms with Gasteiger partial charge in [-0.15, -0.1) is 0 Å². The van der Waals surface area contributed by atoms with E-state index in [9.17, 15) is 9.90 Å². The lowest BCUT2D eigenvalue weighted by molar-refractivity contribution is -0.0602. The zero-order valence-electron chi connectivity index (χ0n) is 16.0. The number of amides is 1. The summed E-state index contributed by atoms with van der Waals surface area (Å²) in [6, 6.07) is 9.63. The Balaban J connectivity index is 1.63. The molecular weight excluding hydrogens is 342 g/mol. The van der Waals surface area contributed by atoms with Gasteiger partial charge in [0.05, 0.1) is 19.2 Å². The SMILES string of the molecule is COc1cc(C(=O)N2CC[C@@]3(CO)CCCN(C)[C@@H]3C2)nc2ccccc12. The number of hydrogen-bond acceptors (Lipinski definition) is 5. The number of nitrogens with zero attached hydrogens (tertiary/aromatic N) is 3. The molecule has 2 saturated heterocycles. The number of piperidine rings is 2. The number of benzene rings is 1. The van der Waals surface area contributed by atoms with Crippen LogP contribution in [0.25, 0.3) is 10.9 Å². The molecule has 27 heavy (non-hydrogen) atoms. The van der Waals surface area contributed by atoms with Gasteiger partial charge >= 0.3 is 0 Å². The Labute approximate surface area is 159 Å². The maximum absolute atomic E-state index is 13.2. The minimum absolute atomic E-state index is 0.0652. The van der Waals surface area contributed by atoms with E-state index < -0.39 is 0 Å². The average molecular weight is 369 g/mol. The molecule has 1 aromatic heterocycles. The Morgan fingerprint density at radius 3 is 2.93 bits per heavy atom. The molecule has 4 rings (SSSR count). The minimum Gasteiger partial charge on any atom is -0.496 e. The van der Waals surface area contributed by atoms with Crippen molar-refractivity contribution in [3.63, 3.8) is 0 Å². The Morgan fingerprint density at radius 2 is 2.15 bits per heavy atom. The van der Waals surface area contributed by atoms with Crippen molar-refractivity contribution in [2.75, 3.05) is 40.4 Å². The molecule has 0 radical (unpaired) electrons. The van der Waals surface area contributed by atoms with Crippen molar-refractivity contribution in [3.05, 3.63) is 36.0 Å². The first-order valence-corrected chi connectivity index (χ1v) is 9.62. The van der Waals surface area contributed by atoms with Gasteiger partial charge in [0.1, 0.15) is 11.4 Å². The summed E-state index contributed by atoms with van der Waals surface area (Å²) >= 11 is 0. The third kappa shape index (κ3) is 3.07. The Morgan fingerprint density at radius 1 is 1.33 bits per heavy atom. The number of hydrogen-bond donors (Lipinski definition) is 1. The number of aliphatic hydroxyl groups excluding tert-OH is 1. The molecule has 0 aliphatic carbocycles. The summed E-state index contributed by atoms with van der Waals surface area (Å²) in [5.74, 6) is 0.602. The molecular formula is C21H27N3O3. The largest absolute Gasteiger partial charge is 0.496 e. The van der Waals surface area contributed by atoms with Crippen LogP contribution in [0.4, 0.5) is 0 Å². The second-order valence-corrected chi connectivity index (χ2v) is 7.85. The van der Waals surface area contributed by atoms with Gasteiger partial charge in [0.25, 0.3) is 5.91 Å². The standard InChI is InChI=1S/C21H27N3O3/c1-23-10-5-8-21(14-25)9-11-24(13-19(21)23)20(26)17-12-18(27-2)15-6-3-4-7-16(15)22-17/h3-4,6-7,12,19,25H,5,8-11,13-14H2,1-2H3/t19-,21-/m1/s1. The average Bonchev–Trinajstić information content (AvgIpc) is 2.72. The summed E-state index contributed by atoms with van der Waals surface area (Å²) in [4.78, 5) is 22.0. The molecule has 6 nitrogen and oxygen atoms in total. The highest BCUT2D eigenvalue weighted by Crippen LogP contribution is 2.41. The maximum atomic E-state index is 13.2. The van der Waals surface area contributed by atoms with Crippen molar-refractivity contribution in [3.8, 4) is 5.75 Å². The number of likely N-dealkylation sites (N-methyl/N-ethyl adjacent to an activating group) is 1. The molecule has 0 unspecified atom stereocenters. The normalized spacial score (nSPS) is 26.0. The predicted octanol–water partition coefficient (Wildman–Crippen LogP) is 2.16. The monoisotopic (exact) mass is 369 g/mol. The highest BCUT2D eigenvalue weighted by Gasteiger charge is 2.47. The number of carbonyl (C=O) groups excluding carboxylic acids is 1. The van der Waals surface area contributed by atoms with E-state index in [1.54, 1.807) is 13.2 Å². The van der Waals surface area contributed by atoms with Crippen LogP contribution in [0.5, 0.6) is 5.75 Å². The fourth-order valence-electron chi connectivity index (χ4n) is 4.78. The highest BCUT2D eigenvalue weighted by molar-refractivity contribution is 5.97. The molecule has 2 aliphatic rings. The van der Waals surface area contributed by atoms with E-state index in [0.29, 0.717) is 24.5 Å². The van der Waals surface area contributed by atoms with Gasteiger partial charge in [-0.3, -0.25) is 4.79 Å². The van der Waals surface area contributed by atoms with Crippen LogP contribution >= 0.6 is 0 Å². The van der Waals surface area contributed by atoms with Crippen LogP contribution in [0.2, 0.25) is 0 Å². The number of pyridine rings is 1. The molecule has 2 aliphatic heterocycles. The second-order valence-electron chi connectivity index (χ2n) is 7.85. The number of para-hydroxylation sites is 1. The van der Waals surface area contributed by atoms with Crippen LogP contribution in [-0.2, 0) is 0 Å². The van der Waals surface area contributed by atoms with Crippen LogP contribution in [0.1, 0.15) is 29.8 Å². The third-order valence-electron chi connectivity index (χ3n) is 6.42. The number of fused-ring (bicyclic) bond motifs is 2. The molecule has 144 valence electrons. The lowest BCUT2D eigenvalue weighted by Gasteiger charge is -2.53. The van der Waals surface area contributed by atoms with Crippen molar-refractivity contribution in [1.82, 2.24) is 14.8 Å². The Hall–Kier alpha value is -2.18. The highest BCUT2D eigenvalue weighted by atomic mass is 16.5. The van der Waals surface area contributed by atoms with Crippen molar-refractivity contribution in [2.45, 2.75) is 25.3 Å². The summed E-state index contributed by atoms with van der Waals surface area (Å²) in [5.41, 5.74) is 1.09. The third-order valence-corrected chi connectivity index (χ3v) is 6.42. The topological polar surface area (TPSA) is 65.9 Å². The fourth-order valence-corrected chi connectivity index (χ4v) is 4.78. The second kappa shape index (κ2) is 7.09. The lowest BCUT2D eigenvalue weighted by atomic mass is 9.69. The lowest BCUT2D eigenvalue weighted by Crippen LogP contribution is -2.62. The first-order valence-electron chi connectivity index (χ1n) is 9.62. The van der Waals surface area contributed by atoms with E-state index in [2.05, 4.69) is 16.9 Å². The number of aliphatic hydroxyl groups is 1. The summed E-state index contributed by atoms with van der Waals surface area (Å²) < 4.78 is 5.49. The van der Waals surface area contributed by atoms with Gasteiger partial charge in [-0.1, -0.05) is 12.1 Å². The minimum atomic E-state index is -0.0850. The van der Waals surface area contributed by atoms with Gasteiger partial charge in [-0.25, -0.2) is 4.98 Å². The van der Waals surface area contributed by atoms with Gasteiger partial charge in [0.2, 0.25) is 0 Å². The van der Waals surface area contributed by atoms with Gasteiger partial charge in [0.15, 0.2) is 0 Å². The zero-order valence-corrected chi connectivity index (χ0v) is 16.0.